The number of urea groups is 1. The molecule has 1 unspecified atom stereocenters. The van der Waals surface area contributed by atoms with E-state index in [0.29, 0.717) is 62.1 Å². The molecule has 1 saturated heterocycles. The van der Waals surface area contributed by atoms with Crippen LogP contribution >= 0.6 is 0 Å². The molecule has 1 aliphatic rings. The number of hydrogen-bond donors (Lipinski definition) is 7. The molecule has 10 amide bonds. The molecule has 3 aromatic carbocycles. The van der Waals surface area contributed by atoms with E-state index in [2.05, 4.69) is 31.9 Å². The van der Waals surface area contributed by atoms with E-state index in [-0.39, 0.29) is 73.8 Å². The first-order valence-electron chi connectivity index (χ1n) is 34.4. The fraction of sp³-hybridized carbons (Fsp3) is 0.616. The molecule has 26 heteroatoms. The second kappa shape index (κ2) is 40.0. The number of likely N-dealkylation sites (tertiary alicyclic amines) is 1. The monoisotopic (exact) mass is 1380 g/mol. The van der Waals surface area contributed by atoms with Gasteiger partial charge in [0.15, 0.2) is 0 Å². The number of carbonyl (C=O) groups excluding carboxylic acids is 10. The fourth-order valence-electron chi connectivity index (χ4n) is 12.4. The number of hydrogen-bond acceptors (Lipinski definition) is 16. The van der Waals surface area contributed by atoms with Gasteiger partial charge in [0, 0.05) is 65.7 Å². The molecule has 0 bridgehead atoms. The van der Waals surface area contributed by atoms with Crippen molar-refractivity contribution in [3.63, 3.8) is 0 Å². The first-order chi connectivity index (χ1) is 46.7. The van der Waals surface area contributed by atoms with Gasteiger partial charge in [-0.1, -0.05) is 123 Å². The van der Waals surface area contributed by atoms with Crippen LogP contribution in [0.25, 0.3) is 0 Å². The topological polar surface area (TPSA) is 328 Å². The van der Waals surface area contributed by atoms with Crippen molar-refractivity contribution in [1.29, 1.82) is 0 Å². The van der Waals surface area contributed by atoms with Crippen molar-refractivity contribution in [1.82, 2.24) is 41.3 Å². The molecule has 4 rings (SSSR count). The van der Waals surface area contributed by atoms with E-state index >= 15 is 0 Å². The molecule has 99 heavy (non-hydrogen) atoms. The van der Waals surface area contributed by atoms with Crippen molar-refractivity contribution in [3.05, 3.63) is 95.6 Å². The summed E-state index contributed by atoms with van der Waals surface area (Å²) >= 11 is 0. The molecule has 0 saturated carbocycles. The van der Waals surface area contributed by atoms with Crippen LogP contribution in [0.3, 0.4) is 0 Å². The van der Waals surface area contributed by atoms with E-state index in [4.69, 9.17) is 29.4 Å². The average molecular weight is 1380 g/mol. The summed E-state index contributed by atoms with van der Waals surface area (Å²) in [5.41, 5.74) is 7.81. The average Bonchev–Trinajstić information content (AvgIpc) is 1.68. The van der Waals surface area contributed by atoms with Crippen molar-refractivity contribution in [2.75, 3.05) is 72.3 Å². The first kappa shape index (κ1) is 83.1. The number of amides is 10. The van der Waals surface area contributed by atoms with Gasteiger partial charge >= 0.3 is 24.2 Å². The number of carbonyl (C=O) groups is 10. The van der Waals surface area contributed by atoms with Crippen LogP contribution in [0.2, 0.25) is 0 Å². The molecule has 8 N–H and O–H groups in total. The van der Waals surface area contributed by atoms with E-state index < -0.39 is 108 Å². The third kappa shape index (κ3) is 25.7. The number of ether oxygens (including phenoxy) is 5. The van der Waals surface area contributed by atoms with Crippen LogP contribution in [-0.4, -0.2) is 197 Å². The van der Waals surface area contributed by atoms with Gasteiger partial charge in [0.25, 0.3) is 0 Å². The Kier molecular flexibility index (Phi) is 33.6. The standard InChI is InChI=1S/C73H113N11O15/c1-19-47(8)62(57(95-16)42-58(85)84-39-24-28-56(84)63(96-17)48(9)64(86)78-55(69(91)97-18)41-50-25-21-20-22-26-50)83(15)68(90)60(45(4)5)79-67(89)61(46(6)7)81(13)40-37-49-31-35-53(36-32-49)82(14)72(94)98-43-51-29-33-52(34-30-51)76-65(87)54(27-23-38-75-70(74)92)77-66(88)59(44(2)3)80-71(93)99-73(10,11)12/h20-22,25-26,29-36,44-48,54-57,59-63H,19,23-24,27-28,37-43H2,1-18H3,(H,76,87)(H,77,88)(H,78,86)(H,79,89)(H,80,93)(H3,74,75,92)/t47-,48+,54-,55-,56-,57+,59-,60-,61-,62-,63?/m0/s1. The highest BCUT2D eigenvalue weighted by Crippen LogP contribution is 2.31. The number of alkyl carbamates (subject to hydrolysis) is 1. The molecule has 3 aromatic rings. The minimum atomic E-state index is -1.06. The minimum absolute atomic E-state index is 0.0644. The van der Waals surface area contributed by atoms with Crippen molar-refractivity contribution >= 4 is 71.0 Å². The molecule has 0 spiro atoms. The SMILES string of the molecule is CC[C@H](C)[C@@H]([C@@H](CC(=O)N1CCC[C@H]1C(OC)[C@@H](C)C(=O)N[C@@H](Cc1ccccc1)C(=O)OC)OC)N(C)C(=O)[C@@H](NC(=O)[C@H](C(C)C)N(C)CCc1ccc(N(C)C(=O)OCc2ccc(NC(=O)[C@H](CCCNC(N)=O)NC(=O)[C@@H](NC(=O)OC(C)(C)C)C(C)C)cc2)cc1)C(C)C. The Morgan fingerprint density at radius 2 is 1.30 bits per heavy atom. The molecule has 1 heterocycles. The zero-order chi connectivity index (χ0) is 74.0. The highest BCUT2D eigenvalue weighted by Gasteiger charge is 2.44. The summed E-state index contributed by atoms with van der Waals surface area (Å²) in [6.07, 6.45) is 0.217. The van der Waals surface area contributed by atoms with E-state index in [0.717, 1.165) is 11.1 Å². The van der Waals surface area contributed by atoms with Crippen LogP contribution < -0.4 is 42.5 Å². The van der Waals surface area contributed by atoms with E-state index in [1.54, 1.807) is 102 Å². The number of anilines is 2. The Hall–Kier alpha value is -8.36. The van der Waals surface area contributed by atoms with Gasteiger partial charge in [0.05, 0.1) is 49.8 Å². The molecule has 0 aliphatic carbocycles. The molecular formula is C73H113N11O15. The van der Waals surface area contributed by atoms with Gasteiger partial charge in [0.2, 0.25) is 35.4 Å². The highest BCUT2D eigenvalue weighted by molar-refractivity contribution is 5.98. The van der Waals surface area contributed by atoms with Crippen LogP contribution in [0.1, 0.15) is 138 Å². The van der Waals surface area contributed by atoms with E-state index in [9.17, 15) is 47.9 Å². The smallest absolute Gasteiger partial charge is 0.414 e. The Bertz CT molecular complexity index is 3110. The van der Waals surface area contributed by atoms with Crippen LogP contribution in [0.4, 0.5) is 25.8 Å². The quantitative estimate of drug-likeness (QED) is 0.0169. The molecular weight excluding hydrogens is 1270 g/mol. The maximum Gasteiger partial charge on any atom is 0.414 e. The lowest BCUT2D eigenvalue weighted by atomic mass is 9.89. The fourth-order valence-corrected chi connectivity index (χ4v) is 12.4. The lowest BCUT2D eigenvalue weighted by molar-refractivity contribution is -0.149. The van der Waals surface area contributed by atoms with E-state index in [1.165, 1.54) is 26.2 Å². The lowest BCUT2D eigenvalue weighted by Crippen LogP contribution is -2.60. The third-order valence-corrected chi connectivity index (χ3v) is 18.1. The summed E-state index contributed by atoms with van der Waals surface area (Å²) in [6.45, 7) is 23.0. The van der Waals surface area contributed by atoms with Crippen molar-refractivity contribution < 1.29 is 71.6 Å². The summed E-state index contributed by atoms with van der Waals surface area (Å²) < 4.78 is 28.2. The maximum absolute atomic E-state index is 14.9. The van der Waals surface area contributed by atoms with Gasteiger partial charge in [-0.2, -0.15) is 0 Å². The summed E-state index contributed by atoms with van der Waals surface area (Å²) in [5, 5.41) is 16.6. The van der Waals surface area contributed by atoms with Crippen LogP contribution in [0.5, 0.6) is 0 Å². The number of nitrogens with one attached hydrogen (secondary N) is 6. The second-order valence-corrected chi connectivity index (χ2v) is 27.8. The van der Waals surface area contributed by atoms with Gasteiger partial charge in [-0.25, -0.2) is 19.2 Å². The number of nitrogens with zero attached hydrogens (tertiary/aromatic N) is 4. The van der Waals surface area contributed by atoms with Gasteiger partial charge in [-0.05, 0) is 125 Å². The minimum Gasteiger partial charge on any atom is -0.467 e. The Balaban J connectivity index is 1.35. The maximum atomic E-state index is 14.9. The summed E-state index contributed by atoms with van der Waals surface area (Å²) in [7, 11) is 9.48. The zero-order valence-electron chi connectivity index (χ0n) is 61.6. The Labute approximate surface area is 585 Å². The predicted octanol–water partition coefficient (Wildman–Crippen LogP) is 7.34. The number of nitrogens with two attached hydrogens (primary N) is 1. The summed E-state index contributed by atoms with van der Waals surface area (Å²) in [4.78, 5) is 142. The van der Waals surface area contributed by atoms with Crippen LogP contribution in [0.15, 0.2) is 78.9 Å². The molecule has 11 atom stereocenters. The molecule has 0 radical (unpaired) electrons. The number of esters is 1. The van der Waals surface area contributed by atoms with Crippen molar-refractivity contribution in [3.8, 4) is 0 Å². The number of likely N-dealkylation sites (N-methyl/N-ethyl adjacent to an activating group) is 2. The highest BCUT2D eigenvalue weighted by atomic mass is 16.6. The van der Waals surface area contributed by atoms with E-state index in [1.807, 2.05) is 96.0 Å². The van der Waals surface area contributed by atoms with Gasteiger partial charge in [-0.3, -0.25) is 38.6 Å². The summed E-state index contributed by atoms with van der Waals surface area (Å²) in [6, 6.07) is 17.0. The summed E-state index contributed by atoms with van der Waals surface area (Å²) in [5.74, 6) is -4.69. The molecule has 1 aliphatic heterocycles. The third-order valence-electron chi connectivity index (χ3n) is 18.1. The largest absolute Gasteiger partial charge is 0.467 e. The Morgan fingerprint density at radius 3 is 1.86 bits per heavy atom. The normalized spacial score (nSPS) is 16.2. The van der Waals surface area contributed by atoms with Gasteiger partial charge in [0.1, 0.15) is 36.4 Å². The second-order valence-electron chi connectivity index (χ2n) is 27.8. The Morgan fingerprint density at radius 1 is 0.687 bits per heavy atom. The molecule has 26 nitrogen and oxygen atoms in total. The van der Waals surface area contributed by atoms with Crippen molar-refractivity contribution in [2.45, 2.75) is 201 Å². The predicted molar refractivity (Wildman–Crippen MR) is 379 cm³/mol. The molecule has 1 fully saturated rings. The number of benzene rings is 3. The molecule has 0 aromatic heterocycles. The van der Waals surface area contributed by atoms with Gasteiger partial charge < -0.3 is 71.1 Å². The number of methoxy groups -OCH3 is 3. The van der Waals surface area contributed by atoms with Crippen LogP contribution in [-0.2, 0) is 76.7 Å². The van der Waals surface area contributed by atoms with Gasteiger partial charge in [-0.15, -0.1) is 0 Å². The van der Waals surface area contributed by atoms with Crippen molar-refractivity contribution in [2.24, 2.45) is 35.3 Å². The zero-order valence-corrected chi connectivity index (χ0v) is 61.6. The lowest BCUT2D eigenvalue weighted by Gasteiger charge is -2.41. The van der Waals surface area contributed by atoms with Crippen LogP contribution in [0, 0.1) is 29.6 Å². The number of rotatable bonds is 37. The number of primary amides is 1. The first-order valence-corrected chi connectivity index (χ1v) is 34.4. The molecule has 550 valence electrons.